The molecule has 3 unspecified atom stereocenters. The summed E-state index contributed by atoms with van der Waals surface area (Å²) in [5.41, 5.74) is -0.424. The molecule has 12 heavy (non-hydrogen) atoms. The Hall–Kier alpha value is -0.0800. The van der Waals surface area contributed by atoms with Gasteiger partial charge in [-0.2, -0.15) is 0 Å². The summed E-state index contributed by atoms with van der Waals surface area (Å²) >= 11 is 0. The second-order valence-corrected chi connectivity index (χ2v) is 4.63. The van der Waals surface area contributed by atoms with Gasteiger partial charge >= 0.3 is 0 Å². The van der Waals surface area contributed by atoms with Gasteiger partial charge in [-0.1, -0.05) is 0 Å². The fourth-order valence-electron chi connectivity index (χ4n) is 2.89. The van der Waals surface area contributed by atoms with Crippen molar-refractivity contribution in [2.75, 3.05) is 0 Å². The van der Waals surface area contributed by atoms with Crippen molar-refractivity contribution < 1.29 is 9.84 Å². The van der Waals surface area contributed by atoms with E-state index in [0.29, 0.717) is 12.0 Å². The maximum atomic E-state index is 10.4. The van der Waals surface area contributed by atoms with Crippen LogP contribution in [0.25, 0.3) is 0 Å². The highest BCUT2D eigenvalue weighted by molar-refractivity contribution is 5.05. The van der Waals surface area contributed by atoms with E-state index in [9.17, 15) is 5.11 Å². The Bertz CT molecular complexity index is 200. The third kappa shape index (κ3) is 0.882. The lowest BCUT2D eigenvalue weighted by atomic mass is 9.85. The van der Waals surface area contributed by atoms with Gasteiger partial charge in [0.1, 0.15) is 0 Å². The van der Waals surface area contributed by atoms with E-state index in [0.717, 1.165) is 19.3 Å². The minimum atomic E-state index is -0.424. The molecule has 3 rings (SSSR count). The Labute approximate surface area is 72.9 Å². The summed E-state index contributed by atoms with van der Waals surface area (Å²) in [5.74, 6) is 0.571. The first-order valence-electron chi connectivity index (χ1n) is 5.17. The van der Waals surface area contributed by atoms with Crippen LogP contribution in [0.5, 0.6) is 0 Å². The molecule has 2 aliphatic heterocycles. The maximum absolute atomic E-state index is 10.4. The molecule has 1 saturated carbocycles. The highest BCUT2D eigenvalue weighted by Crippen LogP contribution is 2.51. The van der Waals surface area contributed by atoms with Crippen LogP contribution in [0.2, 0.25) is 0 Å². The summed E-state index contributed by atoms with van der Waals surface area (Å²) in [6.07, 6.45) is 7.47. The third-order valence-corrected chi connectivity index (χ3v) is 3.82. The summed E-state index contributed by atoms with van der Waals surface area (Å²) in [6.45, 7) is 0. The van der Waals surface area contributed by atoms with Crippen LogP contribution in [-0.2, 0) is 4.74 Å². The summed E-state index contributed by atoms with van der Waals surface area (Å²) in [6, 6.07) is 0. The molecule has 0 radical (unpaired) electrons. The molecular weight excluding hydrogens is 152 g/mol. The van der Waals surface area contributed by atoms with Gasteiger partial charge in [0, 0.05) is 0 Å². The summed E-state index contributed by atoms with van der Waals surface area (Å²) < 4.78 is 5.76. The first-order chi connectivity index (χ1) is 5.79. The van der Waals surface area contributed by atoms with Gasteiger partial charge in [-0.3, -0.25) is 0 Å². The number of hydrogen-bond acceptors (Lipinski definition) is 2. The lowest BCUT2D eigenvalue weighted by molar-refractivity contribution is -0.153. The fourth-order valence-corrected chi connectivity index (χ4v) is 2.89. The van der Waals surface area contributed by atoms with Crippen LogP contribution in [0, 0.1) is 5.92 Å². The molecule has 0 aromatic carbocycles. The average Bonchev–Trinajstić information content (AvgIpc) is 2.83. The number of aliphatic hydroxyl groups is 1. The van der Waals surface area contributed by atoms with Crippen molar-refractivity contribution in [2.45, 2.75) is 56.3 Å². The summed E-state index contributed by atoms with van der Waals surface area (Å²) in [7, 11) is 0. The quantitative estimate of drug-likeness (QED) is 0.642. The summed E-state index contributed by atoms with van der Waals surface area (Å²) in [4.78, 5) is 0. The van der Waals surface area contributed by atoms with Crippen molar-refractivity contribution >= 4 is 0 Å². The van der Waals surface area contributed by atoms with Crippen molar-refractivity contribution in [3.05, 3.63) is 0 Å². The lowest BCUT2D eigenvalue weighted by Gasteiger charge is -2.38. The molecule has 1 aliphatic carbocycles. The fraction of sp³-hybridized carbons (Fsp3) is 1.00. The van der Waals surface area contributed by atoms with E-state index in [1.807, 2.05) is 0 Å². The lowest BCUT2D eigenvalue weighted by Crippen LogP contribution is -2.47. The zero-order valence-corrected chi connectivity index (χ0v) is 7.33. The molecular formula is C10H16O2. The van der Waals surface area contributed by atoms with Crippen LogP contribution in [0.4, 0.5) is 0 Å². The minimum Gasteiger partial charge on any atom is -0.387 e. The van der Waals surface area contributed by atoms with Crippen LogP contribution in [-0.4, -0.2) is 22.9 Å². The molecule has 1 N–H and O–H groups in total. The van der Waals surface area contributed by atoms with E-state index in [1.54, 1.807) is 0 Å². The zero-order valence-electron chi connectivity index (χ0n) is 7.33. The Kier molecular flexibility index (Phi) is 1.37. The molecule has 2 heteroatoms. The van der Waals surface area contributed by atoms with Crippen LogP contribution in [0.3, 0.4) is 0 Å². The van der Waals surface area contributed by atoms with Gasteiger partial charge in [-0.05, 0) is 44.4 Å². The molecule has 2 saturated heterocycles. The Morgan fingerprint density at radius 3 is 2.67 bits per heavy atom. The van der Waals surface area contributed by atoms with E-state index in [-0.39, 0.29) is 6.10 Å². The van der Waals surface area contributed by atoms with Gasteiger partial charge in [0.2, 0.25) is 0 Å². The van der Waals surface area contributed by atoms with Crippen LogP contribution >= 0.6 is 0 Å². The predicted octanol–water partition coefficient (Wildman–Crippen LogP) is 1.47. The Balaban J connectivity index is 1.84. The third-order valence-electron chi connectivity index (χ3n) is 3.82. The molecule has 0 amide bonds. The first kappa shape index (κ1) is 7.34. The van der Waals surface area contributed by atoms with E-state index >= 15 is 0 Å². The molecule has 3 fully saturated rings. The molecule has 0 aromatic heterocycles. The van der Waals surface area contributed by atoms with Crippen LogP contribution in [0.15, 0.2) is 0 Å². The largest absolute Gasteiger partial charge is 0.387 e. The molecule has 2 nitrogen and oxygen atoms in total. The molecule has 2 heterocycles. The molecule has 68 valence electrons. The van der Waals surface area contributed by atoms with E-state index in [4.69, 9.17) is 4.74 Å². The van der Waals surface area contributed by atoms with E-state index in [2.05, 4.69) is 0 Å². The predicted molar refractivity (Wildman–Crippen MR) is 44.8 cm³/mol. The van der Waals surface area contributed by atoms with Gasteiger partial charge in [-0.25, -0.2) is 0 Å². The minimum absolute atomic E-state index is 0.184. The van der Waals surface area contributed by atoms with Gasteiger partial charge < -0.3 is 9.84 Å². The van der Waals surface area contributed by atoms with Gasteiger partial charge in [0.05, 0.1) is 17.8 Å². The molecule has 2 bridgehead atoms. The Morgan fingerprint density at radius 2 is 1.92 bits per heavy atom. The van der Waals surface area contributed by atoms with Crippen molar-refractivity contribution in [1.82, 2.24) is 0 Å². The highest BCUT2D eigenvalue weighted by atomic mass is 16.5. The second kappa shape index (κ2) is 2.24. The van der Waals surface area contributed by atoms with Crippen molar-refractivity contribution in [1.29, 1.82) is 0 Å². The van der Waals surface area contributed by atoms with Crippen LogP contribution < -0.4 is 0 Å². The topological polar surface area (TPSA) is 29.5 Å². The van der Waals surface area contributed by atoms with Crippen molar-refractivity contribution in [3.8, 4) is 0 Å². The standard InChI is InChI=1S/C10H16O2/c11-10(7-1-2-7)6-5-8-3-4-9(10)12-8/h7-9,11H,1-6H2. The Morgan fingerprint density at radius 1 is 1.08 bits per heavy atom. The second-order valence-electron chi connectivity index (χ2n) is 4.63. The van der Waals surface area contributed by atoms with Gasteiger partial charge in [0.25, 0.3) is 0 Å². The van der Waals surface area contributed by atoms with E-state index in [1.165, 1.54) is 19.3 Å². The molecule has 3 atom stereocenters. The van der Waals surface area contributed by atoms with E-state index < -0.39 is 5.60 Å². The number of rotatable bonds is 1. The number of ether oxygens (including phenoxy) is 1. The number of fused-ring (bicyclic) bond motifs is 2. The SMILES string of the molecule is OC1(C2CC2)CCC2CCC1O2. The monoisotopic (exact) mass is 168 g/mol. The maximum Gasteiger partial charge on any atom is 0.0937 e. The van der Waals surface area contributed by atoms with Crippen molar-refractivity contribution in [2.24, 2.45) is 5.92 Å². The first-order valence-corrected chi connectivity index (χ1v) is 5.17. The molecule has 3 aliphatic rings. The normalized spacial score (nSPS) is 52.8. The van der Waals surface area contributed by atoms with Crippen LogP contribution in [0.1, 0.15) is 38.5 Å². The van der Waals surface area contributed by atoms with Gasteiger partial charge in [-0.15, -0.1) is 0 Å². The average molecular weight is 168 g/mol. The number of hydrogen-bond donors (Lipinski definition) is 1. The molecule has 0 aromatic rings. The molecule has 0 spiro atoms. The van der Waals surface area contributed by atoms with Crippen molar-refractivity contribution in [3.63, 3.8) is 0 Å². The summed E-state index contributed by atoms with van der Waals surface area (Å²) in [5, 5.41) is 10.4. The smallest absolute Gasteiger partial charge is 0.0937 e. The zero-order chi connectivity index (χ0) is 8.18. The highest BCUT2D eigenvalue weighted by Gasteiger charge is 2.54. The van der Waals surface area contributed by atoms with Gasteiger partial charge in [0.15, 0.2) is 0 Å².